The zero-order valence-corrected chi connectivity index (χ0v) is 9.90. The van der Waals surface area contributed by atoms with Crippen molar-refractivity contribution in [2.75, 3.05) is 13.1 Å². The number of likely N-dealkylation sites (tertiary alicyclic amines) is 1. The maximum Gasteiger partial charge on any atom is 0.219 e. The van der Waals surface area contributed by atoms with E-state index in [0.717, 1.165) is 12.0 Å². The van der Waals surface area contributed by atoms with Gasteiger partial charge in [-0.15, -0.1) is 0 Å². The quantitative estimate of drug-likeness (QED) is 0.803. The van der Waals surface area contributed by atoms with Crippen LogP contribution in [0.1, 0.15) is 24.8 Å². The first-order valence-electron chi connectivity index (χ1n) is 5.84. The maximum absolute atomic E-state index is 13.1. The Bertz CT molecular complexity index is 422. The van der Waals surface area contributed by atoms with Gasteiger partial charge in [-0.2, -0.15) is 0 Å². The SMILES string of the molecule is CC(=O)N1CCC(c2cccc(F)c2)C(N)C1. The molecule has 1 fully saturated rings. The van der Waals surface area contributed by atoms with E-state index in [2.05, 4.69) is 0 Å². The van der Waals surface area contributed by atoms with Crippen LogP contribution < -0.4 is 5.73 Å². The Labute approximate surface area is 100 Å². The number of hydrogen-bond donors (Lipinski definition) is 1. The smallest absolute Gasteiger partial charge is 0.219 e. The Morgan fingerprint density at radius 3 is 2.88 bits per heavy atom. The van der Waals surface area contributed by atoms with Crippen LogP contribution in [0.5, 0.6) is 0 Å². The van der Waals surface area contributed by atoms with Crippen molar-refractivity contribution in [3.8, 4) is 0 Å². The third kappa shape index (κ3) is 2.64. The minimum Gasteiger partial charge on any atom is -0.341 e. The number of nitrogens with two attached hydrogens (primary N) is 1. The molecule has 1 aliphatic heterocycles. The summed E-state index contributed by atoms with van der Waals surface area (Å²) >= 11 is 0. The van der Waals surface area contributed by atoms with Crippen LogP contribution >= 0.6 is 0 Å². The number of carbonyl (C=O) groups excluding carboxylic acids is 1. The summed E-state index contributed by atoms with van der Waals surface area (Å²) in [6, 6.07) is 6.45. The van der Waals surface area contributed by atoms with Gasteiger partial charge < -0.3 is 10.6 Å². The van der Waals surface area contributed by atoms with Crippen LogP contribution in [0.2, 0.25) is 0 Å². The number of nitrogens with zero attached hydrogens (tertiary/aromatic N) is 1. The monoisotopic (exact) mass is 236 g/mol. The van der Waals surface area contributed by atoms with Gasteiger partial charge in [-0.05, 0) is 24.1 Å². The van der Waals surface area contributed by atoms with Gasteiger partial charge in [-0.1, -0.05) is 12.1 Å². The molecule has 1 amide bonds. The summed E-state index contributed by atoms with van der Waals surface area (Å²) in [7, 11) is 0. The molecule has 2 rings (SSSR count). The molecule has 2 N–H and O–H groups in total. The molecule has 0 radical (unpaired) electrons. The van der Waals surface area contributed by atoms with Crippen molar-refractivity contribution < 1.29 is 9.18 Å². The predicted molar refractivity (Wildman–Crippen MR) is 64.0 cm³/mol. The molecule has 92 valence electrons. The molecule has 0 bridgehead atoms. The summed E-state index contributed by atoms with van der Waals surface area (Å²) in [5, 5.41) is 0. The van der Waals surface area contributed by atoms with E-state index in [4.69, 9.17) is 5.73 Å². The molecule has 0 aliphatic carbocycles. The number of carbonyl (C=O) groups is 1. The lowest BCUT2D eigenvalue weighted by atomic mass is 9.86. The van der Waals surface area contributed by atoms with Crippen molar-refractivity contribution in [2.45, 2.75) is 25.3 Å². The van der Waals surface area contributed by atoms with Gasteiger partial charge in [0.25, 0.3) is 0 Å². The van der Waals surface area contributed by atoms with Gasteiger partial charge in [0, 0.05) is 32.0 Å². The third-order valence-electron chi connectivity index (χ3n) is 3.38. The fourth-order valence-corrected chi connectivity index (χ4v) is 2.42. The molecule has 3 nitrogen and oxygen atoms in total. The minimum absolute atomic E-state index is 0.0538. The second kappa shape index (κ2) is 4.84. The third-order valence-corrected chi connectivity index (χ3v) is 3.38. The molecule has 2 unspecified atom stereocenters. The standard InChI is InChI=1S/C13H17FN2O/c1-9(17)16-6-5-12(13(15)8-16)10-3-2-4-11(14)7-10/h2-4,7,12-13H,5-6,8,15H2,1H3. The molecule has 1 aliphatic rings. The molecule has 0 saturated carbocycles. The normalized spacial score (nSPS) is 24.8. The molecule has 4 heteroatoms. The van der Waals surface area contributed by atoms with Crippen LogP contribution in [0.25, 0.3) is 0 Å². The van der Waals surface area contributed by atoms with Crippen LogP contribution in [0.15, 0.2) is 24.3 Å². The molecule has 1 heterocycles. The second-order valence-electron chi connectivity index (χ2n) is 4.58. The largest absolute Gasteiger partial charge is 0.341 e. The van der Waals surface area contributed by atoms with E-state index in [9.17, 15) is 9.18 Å². The van der Waals surface area contributed by atoms with E-state index in [1.165, 1.54) is 12.1 Å². The van der Waals surface area contributed by atoms with Gasteiger partial charge >= 0.3 is 0 Å². The Morgan fingerprint density at radius 1 is 1.53 bits per heavy atom. The molecule has 2 atom stereocenters. The maximum atomic E-state index is 13.1. The number of benzene rings is 1. The lowest BCUT2D eigenvalue weighted by Gasteiger charge is -2.36. The summed E-state index contributed by atoms with van der Waals surface area (Å²) < 4.78 is 13.1. The lowest BCUT2D eigenvalue weighted by Crippen LogP contribution is -2.48. The number of amides is 1. The molecule has 1 aromatic rings. The van der Waals surface area contributed by atoms with Gasteiger partial charge in [0.15, 0.2) is 0 Å². The molecule has 17 heavy (non-hydrogen) atoms. The van der Waals surface area contributed by atoms with Crippen molar-refractivity contribution in [3.05, 3.63) is 35.6 Å². The Hall–Kier alpha value is -1.42. The number of halogens is 1. The molecule has 0 spiro atoms. The van der Waals surface area contributed by atoms with Crippen molar-refractivity contribution in [1.82, 2.24) is 4.90 Å². The van der Waals surface area contributed by atoms with Crippen LogP contribution in [-0.2, 0) is 4.79 Å². The highest BCUT2D eigenvalue weighted by molar-refractivity contribution is 5.73. The summed E-state index contributed by atoms with van der Waals surface area (Å²) in [6.45, 7) is 2.80. The van der Waals surface area contributed by atoms with Crippen LogP contribution in [-0.4, -0.2) is 29.9 Å². The Morgan fingerprint density at radius 2 is 2.29 bits per heavy atom. The highest BCUT2D eigenvalue weighted by Crippen LogP contribution is 2.27. The summed E-state index contributed by atoms with van der Waals surface area (Å²) in [5.74, 6) is -0.0388. The van der Waals surface area contributed by atoms with E-state index in [-0.39, 0.29) is 23.7 Å². The van der Waals surface area contributed by atoms with Gasteiger partial charge in [0.1, 0.15) is 5.82 Å². The lowest BCUT2D eigenvalue weighted by molar-refractivity contribution is -0.130. The first-order valence-corrected chi connectivity index (χ1v) is 5.84. The second-order valence-corrected chi connectivity index (χ2v) is 4.58. The van der Waals surface area contributed by atoms with E-state index in [1.807, 2.05) is 6.07 Å². The molecular formula is C13H17FN2O. The Kier molecular flexibility index (Phi) is 3.43. The molecule has 1 saturated heterocycles. The van der Waals surface area contributed by atoms with E-state index in [0.29, 0.717) is 13.1 Å². The zero-order valence-electron chi connectivity index (χ0n) is 9.90. The predicted octanol–water partition coefficient (Wildman–Crippen LogP) is 1.49. The highest BCUT2D eigenvalue weighted by atomic mass is 19.1. The van der Waals surface area contributed by atoms with Crippen LogP contribution in [0.4, 0.5) is 4.39 Å². The van der Waals surface area contributed by atoms with Gasteiger partial charge in [-0.3, -0.25) is 4.79 Å². The summed E-state index contributed by atoms with van der Waals surface area (Å²) in [4.78, 5) is 13.0. The van der Waals surface area contributed by atoms with E-state index in [1.54, 1.807) is 17.9 Å². The highest BCUT2D eigenvalue weighted by Gasteiger charge is 2.28. The van der Waals surface area contributed by atoms with Gasteiger partial charge in [0.2, 0.25) is 5.91 Å². The van der Waals surface area contributed by atoms with E-state index >= 15 is 0 Å². The fraction of sp³-hybridized carbons (Fsp3) is 0.462. The van der Waals surface area contributed by atoms with E-state index < -0.39 is 0 Å². The van der Waals surface area contributed by atoms with Crippen molar-refractivity contribution >= 4 is 5.91 Å². The Balaban J connectivity index is 2.12. The minimum atomic E-state index is -0.233. The van der Waals surface area contributed by atoms with Gasteiger partial charge in [0.05, 0.1) is 0 Å². The molecule has 0 aromatic heterocycles. The average Bonchev–Trinajstić information content (AvgIpc) is 2.28. The molecular weight excluding hydrogens is 219 g/mol. The van der Waals surface area contributed by atoms with Gasteiger partial charge in [-0.25, -0.2) is 4.39 Å². The van der Waals surface area contributed by atoms with Crippen molar-refractivity contribution in [2.24, 2.45) is 5.73 Å². The summed E-state index contributed by atoms with van der Waals surface area (Å²) in [5.41, 5.74) is 7.00. The van der Waals surface area contributed by atoms with Crippen molar-refractivity contribution in [1.29, 1.82) is 0 Å². The molecule has 1 aromatic carbocycles. The van der Waals surface area contributed by atoms with Crippen LogP contribution in [0.3, 0.4) is 0 Å². The first-order chi connectivity index (χ1) is 8.08. The topological polar surface area (TPSA) is 46.3 Å². The summed E-state index contributed by atoms with van der Waals surface area (Å²) in [6.07, 6.45) is 0.796. The number of hydrogen-bond acceptors (Lipinski definition) is 2. The zero-order chi connectivity index (χ0) is 12.4. The van der Waals surface area contributed by atoms with Crippen LogP contribution in [0, 0.1) is 5.82 Å². The van der Waals surface area contributed by atoms with Crippen molar-refractivity contribution in [3.63, 3.8) is 0 Å². The average molecular weight is 236 g/mol. The number of rotatable bonds is 1. The fourth-order valence-electron chi connectivity index (χ4n) is 2.42. The first kappa shape index (κ1) is 12.0. The number of piperidine rings is 1.